The van der Waals surface area contributed by atoms with Gasteiger partial charge in [-0.25, -0.2) is 0 Å². The molecule has 0 aliphatic carbocycles. The van der Waals surface area contributed by atoms with Gasteiger partial charge in [-0.2, -0.15) is 0 Å². The molecule has 3 nitrogen and oxygen atoms in total. The molecule has 118 valence electrons. The van der Waals surface area contributed by atoms with Crippen molar-refractivity contribution in [3.05, 3.63) is 48.0 Å². The van der Waals surface area contributed by atoms with Crippen molar-refractivity contribution in [1.82, 2.24) is 4.90 Å². The van der Waals surface area contributed by atoms with Crippen molar-refractivity contribution in [2.24, 2.45) is 11.1 Å². The van der Waals surface area contributed by atoms with Crippen molar-refractivity contribution in [3.8, 4) is 0 Å². The van der Waals surface area contributed by atoms with Crippen molar-refractivity contribution in [1.29, 1.82) is 0 Å². The van der Waals surface area contributed by atoms with Crippen LogP contribution in [0.25, 0.3) is 10.8 Å². The van der Waals surface area contributed by atoms with Gasteiger partial charge in [-0.05, 0) is 29.2 Å². The summed E-state index contributed by atoms with van der Waals surface area (Å²) < 4.78 is 0. The van der Waals surface area contributed by atoms with Gasteiger partial charge in [0, 0.05) is 20.1 Å². The highest BCUT2D eigenvalue weighted by atomic mass is 16.2. The Kier molecular flexibility index (Phi) is 5.19. The molecule has 0 aromatic heterocycles. The number of benzene rings is 2. The molecule has 2 aromatic carbocycles. The van der Waals surface area contributed by atoms with Crippen LogP contribution in [0.1, 0.15) is 32.3 Å². The maximum atomic E-state index is 12.8. The van der Waals surface area contributed by atoms with Gasteiger partial charge in [0.25, 0.3) is 0 Å². The third-order valence-corrected chi connectivity index (χ3v) is 4.83. The minimum absolute atomic E-state index is 0.146. The molecular weight excluding hydrogens is 272 g/mol. The first kappa shape index (κ1) is 16.5. The van der Waals surface area contributed by atoms with E-state index >= 15 is 0 Å². The molecule has 0 atom stereocenters. The number of hydrogen-bond donors (Lipinski definition) is 1. The quantitative estimate of drug-likeness (QED) is 0.886. The van der Waals surface area contributed by atoms with E-state index in [1.54, 1.807) is 0 Å². The normalized spacial score (nSPS) is 11.6. The van der Waals surface area contributed by atoms with E-state index in [-0.39, 0.29) is 5.91 Å². The molecule has 0 fully saturated rings. The number of rotatable bonds is 6. The van der Waals surface area contributed by atoms with Crippen molar-refractivity contribution >= 4 is 16.7 Å². The van der Waals surface area contributed by atoms with Crippen LogP contribution in [0.3, 0.4) is 0 Å². The lowest BCUT2D eigenvalue weighted by Crippen LogP contribution is -2.45. The zero-order valence-electron chi connectivity index (χ0n) is 13.8. The van der Waals surface area contributed by atoms with Crippen LogP contribution in [-0.2, 0) is 11.3 Å². The predicted octanol–water partition coefficient (Wildman–Crippen LogP) is 3.56. The second-order valence-electron chi connectivity index (χ2n) is 5.99. The monoisotopic (exact) mass is 298 g/mol. The van der Waals surface area contributed by atoms with Gasteiger partial charge in [0.05, 0.1) is 5.41 Å². The van der Waals surface area contributed by atoms with E-state index in [0.717, 1.165) is 12.8 Å². The van der Waals surface area contributed by atoms with Gasteiger partial charge < -0.3 is 10.6 Å². The molecule has 0 spiro atoms. The topological polar surface area (TPSA) is 46.3 Å². The fourth-order valence-electron chi connectivity index (χ4n) is 3.09. The van der Waals surface area contributed by atoms with Crippen LogP contribution in [0.4, 0.5) is 0 Å². The SMILES string of the molecule is CCC(CC)(CN)C(=O)N(C)Cc1cccc2ccccc12. The van der Waals surface area contributed by atoms with Crippen molar-refractivity contribution in [3.63, 3.8) is 0 Å². The minimum Gasteiger partial charge on any atom is -0.341 e. The van der Waals surface area contributed by atoms with Gasteiger partial charge in [0.1, 0.15) is 0 Å². The summed E-state index contributed by atoms with van der Waals surface area (Å²) in [6.45, 7) is 5.10. The number of nitrogens with zero attached hydrogens (tertiary/aromatic N) is 1. The average molecular weight is 298 g/mol. The maximum Gasteiger partial charge on any atom is 0.230 e. The van der Waals surface area contributed by atoms with Gasteiger partial charge in [0.2, 0.25) is 5.91 Å². The van der Waals surface area contributed by atoms with Gasteiger partial charge >= 0.3 is 0 Å². The fraction of sp³-hybridized carbons (Fsp3) is 0.421. The fourth-order valence-corrected chi connectivity index (χ4v) is 3.09. The van der Waals surface area contributed by atoms with Crippen LogP contribution in [0.2, 0.25) is 0 Å². The van der Waals surface area contributed by atoms with E-state index in [9.17, 15) is 4.79 Å². The molecule has 0 aliphatic heterocycles. The molecule has 2 N–H and O–H groups in total. The lowest BCUT2D eigenvalue weighted by Gasteiger charge is -2.33. The second kappa shape index (κ2) is 6.93. The van der Waals surface area contributed by atoms with E-state index in [4.69, 9.17) is 5.73 Å². The lowest BCUT2D eigenvalue weighted by atomic mass is 9.81. The van der Waals surface area contributed by atoms with Gasteiger partial charge in [-0.15, -0.1) is 0 Å². The van der Waals surface area contributed by atoms with E-state index < -0.39 is 5.41 Å². The molecule has 22 heavy (non-hydrogen) atoms. The average Bonchev–Trinajstić information content (AvgIpc) is 2.57. The van der Waals surface area contributed by atoms with Crippen molar-refractivity contribution in [2.75, 3.05) is 13.6 Å². The first-order valence-electron chi connectivity index (χ1n) is 8.00. The summed E-state index contributed by atoms with van der Waals surface area (Å²) in [5.74, 6) is 0.146. The molecule has 0 radical (unpaired) electrons. The summed E-state index contributed by atoms with van der Waals surface area (Å²) in [5.41, 5.74) is 6.65. The number of nitrogens with two attached hydrogens (primary N) is 1. The molecule has 1 amide bonds. The van der Waals surface area contributed by atoms with Crippen LogP contribution < -0.4 is 5.73 Å². The first-order chi connectivity index (χ1) is 10.6. The third-order valence-electron chi connectivity index (χ3n) is 4.83. The molecule has 2 aromatic rings. The molecule has 0 heterocycles. The smallest absolute Gasteiger partial charge is 0.230 e. The Labute approximate surface area is 133 Å². The zero-order valence-corrected chi connectivity index (χ0v) is 13.8. The Morgan fingerprint density at radius 3 is 2.36 bits per heavy atom. The number of fused-ring (bicyclic) bond motifs is 1. The van der Waals surface area contributed by atoms with Crippen LogP contribution in [0.15, 0.2) is 42.5 Å². The van der Waals surface area contributed by atoms with Crippen molar-refractivity contribution < 1.29 is 4.79 Å². The van der Waals surface area contributed by atoms with E-state index in [0.29, 0.717) is 13.1 Å². The largest absolute Gasteiger partial charge is 0.341 e. The summed E-state index contributed by atoms with van der Waals surface area (Å²) in [6, 6.07) is 14.5. The highest BCUT2D eigenvalue weighted by molar-refractivity contribution is 5.87. The van der Waals surface area contributed by atoms with Gasteiger partial charge in [-0.1, -0.05) is 56.3 Å². The van der Waals surface area contributed by atoms with Crippen molar-refractivity contribution in [2.45, 2.75) is 33.2 Å². The maximum absolute atomic E-state index is 12.8. The predicted molar refractivity (Wildman–Crippen MR) is 92.5 cm³/mol. The zero-order chi connectivity index (χ0) is 16.2. The van der Waals surface area contributed by atoms with Crippen LogP contribution in [0.5, 0.6) is 0 Å². The molecule has 0 aliphatic rings. The lowest BCUT2D eigenvalue weighted by molar-refractivity contribution is -0.141. The third kappa shape index (κ3) is 3.00. The highest BCUT2D eigenvalue weighted by Gasteiger charge is 2.35. The molecule has 0 unspecified atom stereocenters. The molecule has 0 saturated heterocycles. The summed E-state index contributed by atoms with van der Waals surface area (Å²) in [7, 11) is 1.87. The molecule has 0 bridgehead atoms. The Morgan fingerprint density at radius 2 is 1.73 bits per heavy atom. The number of carbonyl (C=O) groups is 1. The van der Waals surface area contributed by atoms with E-state index in [1.807, 2.05) is 44.0 Å². The Morgan fingerprint density at radius 1 is 1.09 bits per heavy atom. The minimum atomic E-state index is -0.431. The Hall–Kier alpha value is -1.87. The molecule has 0 saturated carbocycles. The standard InChI is InChI=1S/C19H26N2O/c1-4-19(5-2,14-20)18(22)21(3)13-16-11-8-10-15-9-6-7-12-17(15)16/h6-12H,4-5,13-14,20H2,1-3H3. The second-order valence-corrected chi connectivity index (χ2v) is 5.99. The summed E-state index contributed by atoms with van der Waals surface area (Å²) in [6.07, 6.45) is 1.55. The number of carbonyl (C=O) groups excluding carboxylic acids is 1. The molecular formula is C19H26N2O. The van der Waals surface area contributed by atoms with Crippen LogP contribution in [-0.4, -0.2) is 24.4 Å². The highest BCUT2D eigenvalue weighted by Crippen LogP contribution is 2.28. The molecule has 3 heteroatoms. The Balaban J connectivity index is 2.27. The van der Waals surface area contributed by atoms with E-state index in [2.05, 4.69) is 24.3 Å². The van der Waals surface area contributed by atoms with E-state index in [1.165, 1.54) is 16.3 Å². The van der Waals surface area contributed by atoms with Gasteiger partial charge in [0.15, 0.2) is 0 Å². The summed E-state index contributed by atoms with van der Waals surface area (Å²) in [5, 5.41) is 2.41. The van der Waals surface area contributed by atoms with Crippen LogP contribution >= 0.6 is 0 Å². The Bertz CT molecular complexity index is 633. The first-order valence-corrected chi connectivity index (χ1v) is 8.00. The summed E-state index contributed by atoms with van der Waals surface area (Å²) in [4.78, 5) is 14.7. The summed E-state index contributed by atoms with van der Waals surface area (Å²) >= 11 is 0. The molecule has 2 rings (SSSR count). The number of hydrogen-bond acceptors (Lipinski definition) is 2. The van der Waals surface area contributed by atoms with Gasteiger partial charge in [-0.3, -0.25) is 4.79 Å². The van der Waals surface area contributed by atoms with Crippen LogP contribution in [0, 0.1) is 5.41 Å². The number of amides is 1.